The molecule has 1 amide bonds. The van der Waals surface area contributed by atoms with Gasteiger partial charge in [-0.25, -0.2) is 5.43 Å². The maximum Gasteiger partial charge on any atom is 0.303 e. The number of hydrogen-bond donors (Lipinski definition) is 2. The zero-order valence-corrected chi connectivity index (χ0v) is 10.8. The molecule has 0 atom stereocenters. The highest BCUT2D eigenvalue weighted by molar-refractivity contribution is 7.11. The molecule has 1 aromatic heterocycles. The number of hydrogen-bond acceptors (Lipinski definition) is 4. The van der Waals surface area contributed by atoms with Crippen LogP contribution in [0.3, 0.4) is 0 Å². The number of thiophene rings is 1. The minimum absolute atomic E-state index is 0.141. The van der Waals surface area contributed by atoms with Gasteiger partial charge in [0.25, 0.3) is 0 Å². The van der Waals surface area contributed by atoms with Crippen LogP contribution < -0.4 is 5.43 Å². The van der Waals surface area contributed by atoms with E-state index in [9.17, 15) is 9.59 Å². The average Bonchev–Trinajstić information content (AvgIpc) is 2.81. The first kappa shape index (κ1) is 14.4. The third-order valence-electron chi connectivity index (χ3n) is 2.22. The summed E-state index contributed by atoms with van der Waals surface area (Å²) in [7, 11) is 0. The molecule has 0 aliphatic rings. The fourth-order valence-electron chi connectivity index (χ4n) is 1.33. The molecule has 1 rings (SSSR count). The third-order valence-corrected chi connectivity index (χ3v) is 3.03. The SMILES string of the molecule is O=C(O)CCCCCC(=O)N/N=C/c1cccs1. The number of carboxylic acid groups (broad SMARTS) is 1. The van der Waals surface area contributed by atoms with Gasteiger partial charge in [0.1, 0.15) is 0 Å². The lowest BCUT2D eigenvalue weighted by molar-refractivity contribution is -0.137. The summed E-state index contributed by atoms with van der Waals surface area (Å²) in [5.41, 5.74) is 2.44. The van der Waals surface area contributed by atoms with Gasteiger partial charge >= 0.3 is 5.97 Å². The number of carbonyl (C=O) groups is 2. The fraction of sp³-hybridized carbons (Fsp3) is 0.417. The second-order valence-corrected chi connectivity index (χ2v) is 4.74. The van der Waals surface area contributed by atoms with E-state index in [4.69, 9.17) is 5.11 Å². The summed E-state index contributed by atoms with van der Waals surface area (Å²) in [6.07, 6.45) is 4.19. The normalized spacial score (nSPS) is 10.7. The molecule has 0 saturated carbocycles. The number of carbonyl (C=O) groups excluding carboxylic acids is 1. The maximum atomic E-state index is 11.3. The summed E-state index contributed by atoms with van der Waals surface area (Å²) in [5.74, 6) is -0.932. The molecule has 1 heterocycles. The van der Waals surface area contributed by atoms with Gasteiger partial charge in [-0.3, -0.25) is 9.59 Å². The van der Waals surface area contributed by atoms with E-state index in [-0.39, 0.29) is 12.3 Å². The number of amides is 1. The van der Waals surface area contributed by atoms with Crippen LogP contribution in [0.4, 0.5) is 0 Å². The molecular weight excluding hydrogens is 252 g/mol. The van der Waals surface area contributed by atoms with Crippen molar-refractivity contribution >= 4 is 29.4 Å². The van der Waals surface area contributed by atoms with Gasteiger partial charge < -0.3 is 5.11 Å². The van der Waals surface area contributed by atoms with Crippen LogP contribution >= 0.6 is 11.3 Å². The zero-order valence-electron chi connectivity index (χ0n) is 9.96. The molecular formula is C12H16N2O3S. The van der Waals surface area contributed by atoms with Crippen LogP contribution in [0.2, 0.25) is 0 Å². The Labute approximate surface area is 110 Å². The molecule has 0 radical (unpaired) electrons. The molecule has 0 aliphatic heterocycles. The van der Waals surface area contributed by atoms with Crippen LogP contribution in [-0.2, 0) is 9.59 Å². The van der Waals surface area contributed by atoms with Gasteiger partial charge in [-0.05, 0) is 24.3 Å². The first-order chi connectivity index (χ1) is 8.68. The van der Waals surface area contributed by atoms with Crippen molar-refractivity contribution in [2.45, 2.75) is 32.1 Å². The van der Waals surface area contributed by atoms with Gasteiger partial charge in [0, 0.05) is 17.7 Å². The number of nitrogens with one attached hydrogen (secondary N) is 1. The molecule has 0 bridgehead atoms. The highest BCUT2D eigenvalue weighted by Crippen LogP contribution is 2.05. The van der Waals surface area contributed by atoms with Crippen molar-refractivity contribution in [3.8, 4) is 0 Å². The van der Waals surface area contributed by atoms with Crippen LogP contribution in [0.25, 0.3) is 0 Å². The molecule has 2 N–H and O–H groups in total. The molecule has 0 unspecified atom stereocenters. The highest BCUT2D eigenvalue weighted by Gasteiger charge is 2.00. The molecule has 98 valence electrons. The van der Waals surface area contributed by atoms with Gasteiger partial charge in [0.2, 0.25) is 5.91 Å². The van der Waals surface area contributed by atoms with Crippen molar-refractivity contribution in [2.75, 3.05) is 0 Å². The van der Waals surface area contributed by atoms with Crippen molar-refractivity contribution in [3.05, 3.63) is 22.4 Å². The third kappa shape index (κ3) is 6.80. The summed E-state index contributed by atoms with van der Waals surface area (Å²) in [4.78, 5) is 22.6. The van der Waals surface area contributed by atoms with Crippen molar-refractivity contribution in [1.29, 1.82) is 0 Å². The number of nitrogens with zero attached hydrogens (tertiary/aromatic N) is 1. The van der Waals surface area contributed by atoms with E-state index in [0.29, 0.717) is 19.3 Å². The summed E-state index contributed by atoms with van der Waals surface area (Å²) in [5, 5.41) is 14.2. The number of rotatable bonds is 8. The average molecular weight is 268 g/mol. The second kappa shape index (κ2) is 8.41. The summed E-state index contributed by atoms with van der Waals surface area (Å²) < 4.78 is 0. The van der Waals surface area contributed by atoms with Gasteiger partial charge in [0.15, 0.2) is 0 Å². The fourth-order valence-corrected chi connectivity index (χ4v) is 1.91. The molecule has 5 nitrogen and oxygen atoms in total. The molecule has 6 heteroatoms. The monoisotopic (exact) mass is 268 g/mol. The van der Waals surface area contributed by atoms with E-state index < -0.39 is 5.97 Å². The van der Waals surface area contributed by atoms with Gasteiger partial charge in [-0.15, -0.1) is 11.3 Å². The Morgan fingerprint density at radius 3 is 2.78 bits per heavy atom. The van der Waals surface area contributed by atoms with Crippen molar-refractivity contribution in [3.63, 3.8) is 0 Å². The van der Waals surface area contributed by atoms with Crippen LogP contribution in [0, 0.1) is 0 Å². The largest absolute Gasteiger partial charge is 0.481 e. The lowest BCUT2D eigenvalue weighted by atomic mass is 10.1. The Bertz CT molecular complexity index is 401. The van der Waals surface area contributed by atoms with E-state index in [1.807, 2.05) is 17.5 Å². The van der Waals surface area contributed by atoms with Crippen LogP contribution in [0.5, 0.6) is 0 Å². The van der Waals surface area contributed by atoms with E-state index >= 15 is 0 Å². The molecule has 0 aliphatic carbocycles. The van der Waals surface area contributed by atoms with Crippen LogP contribution in [0.1, 0.15) is 37.0 Å². The van der Waals surface area contributed by atoms with Gasteiger partial charge in [0.05, 0.1) is 6.21 Å². The Morgan fingerprint density at radius 1 is 1.33 bits per heavy atom. The molecule has 0 saturated heterocycles. The summed E-state index contributed by atoms with van der Waals surface area (Å²) in [6, 6.07) is 3.82. The van der Waals surface area contributed by atoms with Crippen molar-refractivity contribution in [2.24, 2.45) is 5.10 Å². The molecule has 0 spiro atoms. The first-order valence-corrected chi connectivity index (χ1v) is 6.63. The molecule has 18 heavy (non-hydrogen) atoms. The number of aliphatic carboxylic acids is 1. The smallest absolute Gasteiger partial charge is 0.303 e. The quantitative estimate of drug-likeness (QED) is 0.431. The Hall–Kier alpha value is -1.69. The van der Waals surface area contributed by atoms with E-state index in [1.54, 1.807) is 17.6 Å². The second-order valence-electron chi connectivity index (χ2n) is 3.76. The lowest BCUT2D eigenvalue weighted by Gasteiger charge is -1.99. The minimum atomic E-state index is -0.792. The number of carboxylic acids is 1. The van der Waals surface area contributed by atoms with Crippen molar-refractivity contribution in [1.82, 2.24) is 5.43 Å². The Balaban J connectivity index is 2.05. The van der Waals surface area contributed by atoms with E-state index in [2.05, 4.69) is 10.5 Å². The predicted molar refractivity (Wildman–Crippen MR) is 70.8 cm³/mol. The van der Waals surface area contributed by atoms with Gasteiger partial charge in [-0.1, -0.05) is 12.5 Å². The van der Waals surface area contributed by atoms with Crippen LogP contribution in [-0.4, -0.2) is 23.2 Å². The topological polar surface area (TPSA) is 78.8 Å². The van der Waals surface area contributed by atoms with Gasteiger partial charge in [-0.2, -0.15) is 5.10 Å². The lowest BCUT2D eigenvalue weighted by Crippen LogP contribution is -2.16. The number of hydrazone groups is 1. The standard InChI is InChI=1S/C12H16N2O3S/c15-11(6-2-1-3-7-12(16)17)14-13-9-10-5-4-8-18-10/h4-5,8-9H,1-3,6-7H2,(H,14,15)(H,16,17)/b13-9+. The first-order valence-electron chi connectivity index (χ1n) is 5.75. The van der Waals surface area contributed by atoms with E-state index in [0.717, 1.165) is 11.3 Å². The Kier molecular flexibility index (Phi) is 6.71. The predicted octanol–water partition coefficient (Wildman–Crippen LogP) is 2.23. The zero-order chi connectivity index (χ0) is 13.2. The maximum absolute atomic E-state index is 11.3. The minimum Gasteiger partial charge on any atom is -0.481 e. The Morgan fingerprint density at radius 2 is 2.11 bits per heavy atom. The molecule has 0 aromatic carbocycles. The summed E-state index contributed by atoms with van der Waals surface area (Å²) >= 11 is 1.55. The summed E-state index contributed by atoms with van der Waals surface area (Å²) in [6.45, 7) is 0. The van der Waals surface area contributed by atoms with Crippen LogP contribution in [0.15, 0.2) is 22.6 Å². The number of unbranched alkanes of at least 4 members (excludes halogenated alkanes) is 2. The van der Waals surface area contributed by atoms with E-state index in [1.165, 1.54) is 0 Å². The highest BCUT2D eigenvalue weighted by atomic mass is 32.1. The molecule has 1 aromatic rings. The van der Waals surface area contributed by atoms with Crippen molar-refractivity contribution < 1.29 is 14.7 Å². The molecule has 0 fully saturated rings.